The summed E-state index contributed by atoms with van der Waals surface area (Å²) in [5.41, 5.74) is 0. The van der Waals surface area contributed by atoms with Gasteiger partial charge in [-0.3, -0.25) is 0 Å². The molecule has 0 aromatic rings. The van der Waals surface area contributed by atoms with Gasteiger partial charge in [-0.25, -0.2) is 9.59 Å². The van der Waals surface area contributed by atoms with Gasteiger partial charge in [-0.1, -0.05) is 0 Å². The zero-order chi connectivity index (χ0) is 14.2. The lowest BCUT2D eigenvalue weighted by atomic mass is 10.5. The second kappa shape index (κ2) is 15.5. The highest BCUT2D eigenvalue weighted by atomic mass is 16.5. The van der Waals surface area contributed by atoms with Crippen LogP contribution in [-0.4, -0.2) is 72.0 Å². The van der Waals surface area contributed by atoms with E-state index in [0.717, 1.165) is 0 Å². The van der Waals surface area contributed by atoms with Gasteiger partial charge in [-0.2, -0.15) is 0 Å². The van der Waals surface area contributed by atoms with E-state index in [2.05, 4.69) is 0 Å². The molecule has 18 heavy (non-hydrogen) atoms. The normalized spacial score (nSPS) is 9.89. The number of carboxylic acid groups (broad SMARTS) is 2. The van der Waals surface area contributed by atoms with E-state index in [1.165, 1.54) is 0 Å². The number of aliphatic carboxylic acids is 2. The van der Waals surface area contributed by atoms with Crippen LogP contribution in [0.5, 0.6) is 0 Å². The van der Waals surface area contributed by atoms with Crippen LogP contribution in [0.25, 0.3) is 0 Å². The summed E-state index contributed by atoms with van der Waals surface area (Å²) in [6.45, 7) is 1.73. The molecular formula is C10H18O8. The summed E-state index contributed by atoms with van der Waals surface area (Å²) in [7, 11) is 0. The predicted octanol–water partition coefficient (Wildman–Crippen LogP) is -1.28. The van der Waals surface area contributed by atoms with Crippen LogP contribution >= 0.6 is 0 Å². The first-order valence-corrected chi connectivity index (χ1v) is 5.05. The van der Waals surface area contributed by atoms with Crippen molar-refractivity contribution in [3.8, 4) is 0 Å². The van der Waals surface area contributed by atoms with Gasteiger partial charge in [-0.05, 0) is 0 Å². The summed E-state index contributed by atoms with van der Waals surface area (Å²) < 4.78 is 9.75. The Hall–Kier alpha value is -1.48. The Balaban J connectivity index is 0. The summed E-state index contributed by atoms with van der Waals surface area (Å²) in [6, 6.07) is 0. The number of hydrogen-bond donors (Lipinski definition) is 4. The van der Waals surface area contributed by atoms with Gasteiger partial charge in [-0.15, -0.1) is 0 Å². The SMILES string of the molecule is O=C(O)/C=C\C(=O)O.OCCOCCOCCO. The second-order valence-corrected chi connectivity index (χ2v) is 2.68. The fraction of sp³-hybridized carbons (Fsp3) is 0.600. The molecule has 0 saturated heterocycles. The molecule has 0 aromatic carbocycles. The molecule has 0 aliphatic rings. The maximum Gasteiger partial charge on any atom is 0.328 e. The molecule has 0 heterocycles. The molecular weight excluding hydrogens is 248 g/mol. The molecule has 8 heteroatoms. The Morgan fingerprint density at radius 1 is 0.778 bits per heavy atom. The minimum Gasteiger partial charge on any atom is -0.478 e. The van der Waals surface area contributed by atoms with Crippen LogP contribution < -0.4 is 0 Å². The Morgan fingerprint density at radius 3 is 1.33 bits per heavy atom. The zero-order valence-electron chi connectivity index (χ0n) is 9.82. The molecule has 0 aliphatic carbocycles. The Morgan fingerprint density at radius 2 is 1.11 bits per heavy atom. The third-order valence-corrected chi connectivity index (χ3v) is 1.21. The monoisotopic (exact) mass is 266 g/mol. The van der Waals surface area contributed by atoms with Crippen LogP contribution in [0, 0.1) is 0 Å². The molecule has 0 amide bonds. The Kier molecular flexibility index (Phi) is 16.3. The third-order valence-electron chi connectivity index (χ3n) is 1.21. The maximum absolute atomic E-state index is 9.55. The van der Waals surface area contributed by atoms with Gasteiger partial charge >= 0.3 is 11.9 Å². The van der Waals surface area contributed by atoms with E-state index in [-0.39, 0.29) is 13.2 Å². The lowest BCUT2D eigenvalue weighted by molar-refractivity contribution is -0.134. The topological polar surface area (TPSA) is 134 Å². The van der Waals surface area contributed by atoms with Gasteiger partial charge in [0.2, 0.25) is 0 Å². The highest BCUT2D eigenvalue weighted by Crippen LogP contribution is 1.76. The van der Waals surface area contributed by atoms with Crippen molar-refractivity contribution in [1.82, 2.24) is 0 Å². The molecule has 0 radical (unpaired) electrons. The predicted molar refractivity (Wildman–Crippen MR) is 60.2 cm³/mol. The quantitative estimate of drug-likeness (QED) is 0.299. The van der Waals surface area contributed by atoms with Crippen molar-refractivity contribution in [3.05, 3.63) is 12.2 Å². The van der Waals surface area contributed by atoms with Crippen LogP contribution in [0.3, 0.4) is 0 Å². The molecule has 8 nitrogen and oxygen atoms in total. The molecule has 0 aromatic heterocycles. The molecule has 0 fully saturated rings. The summed E-state index contributed by atoms with van der Waals surface area (Å²) in [5, 5.41) is 32.2. The van der Waals surface area contributed by atoms with Crippen molar-refractivity contribution in [2.75, 3.05) is 39.6 Å². The first kappa shape index (κ1) is 18.9. The van der Waals surface area contributed by atoms with E-state index < -0.39 is 11.9 Å². The first-order chi connectivity index (χ1) is 8.54. The van der Waals surface area contributed by atoms with Gasteiger partial charge in [0.25, 0.3) is 0 Å². The lowest BCUT2D eigenvalue weighted by Crippen LogP contribution is -2.09. The number of carboxylic acids is 2. The third kappa shape index (κ3) is 24.0. The smallest absolute Gasteiger partial charge is 0.328 e. The molecule has 106 valence electrons. The fourth-order valence-corrected chi connectivity index (χ4v) is 0.594. The standard InChI is InChI=1S/C6H14O4.C4H4O4/c7-1-3-9-5-6-10-4-2-8;5-3(6)1-2-4(7)8/h7-8H,1-6H2;1-2H,(H,5,6)(H,7,8)/b;2-1-. The lowest BCUT2D eigenvalue weighted by Gasteiger charge is -2.01. The minimum atomic E-state index is -1.26. The van der Waals surface area contributed by atoms with Crippen LogP contribution in [0.1, 0.15) is 0 Å². The van der Waals surface area contributed by atoms with E-state index >= 15 is 0 Å². The van der Waals surface area contributed by atoms with Crippen LogP contribution in [-0.2, 0) is 19.1 Å². The van der Waals surface area contributed by atoms with Gasteiger partial charge in [0, 0.05) is 12.2 Å². The molecule has 0 unspecified atom stereocenters. The number of ether oxygens (including phenoxy) is 2. The Labute approximate surface area is 104 Å². The molecule has 0 saturated carbocycles. The number of carbonyl (C=O) groups is 2. The van der Waals surface area contributed by atoms with Crippen molar-refractivity contribution < 1.29 is 39.5 Å². The average Bonchev–Trinajstić information content (AvgIpc) is 2.32. The average molecular weight is 266 g/mol. The number of hydrogen-bond acceptors (Lipinski definition) is 6. The number of rotatable bonds is 9. The largest absolute Gasteiger partial charge is 0.478 e. The van der Waals surface area contributed by atoms with Crippen molar-refractivity contribution in [3.63, 3.8) is 0 Å². The van der Waals surface area contributed by atoms with Crippen LogP contribution in [0.15, 0.2) is 12.2 Å². The minimum absolute atomic E-state index is 0.0417. The van der Waals surface area contributed by atoms with Gasteiger partial charge in [0.15, 0.2) is 0 Å². The summed E-state index contributed by atoms with van der Waals surface area (Å²) >= 11 is 0. The number of aliphatic hydroxyl groups is 2. The van der Waals surface area contributed by atoms with E-state index in [1.807, 2.05) is 0 Å². The van der Waals surface area contributed by atoms with E-state index in [9.17, 15) is 9.59 Å². The maximum atomic E-state index is 9.55. The first-order valence-electron chi connectivity index (χ1n) is 5.05. The van der Waals surface area contributed by atoms with E-state index in [1.54, 1.807) is 0 Å². The van der Waals surface area contributed by atoms with Gasteiger partial charge in [0.1, 0.15) is 0 Å². The van der Waals surface area contributed by atoms with Crippen molar-refractivity contribution in [2.45, 2.75) is 0 Å². The van der Waals surface area contributed by atoms with E-state index in [4.69, 9.17) is 29.9 Å². The van der Waals surface area contributed by atoms with Crippen LogP contribution in [0.4, 0.5) is 0 Å². The molecule has 4 N–H and O–H groups in total. The van der Waals surface area contributed by atoms with Crippen LogP contribution in [0.2, 0.25) is 0 Å². The molecule has 0 rings (SSSR count). The van der Waals surface area contributed by atoms with E-state index in [0.29, 0.717) is 38.6 Å². The summed E-state index contributed by atoms with van der Waals surface area (Å²) in [5.74, 6) is -2.51. The highest BCUT2D eigenvalue weighted by molar-refractivity contribution is 5.89. The van der Waals surface area contributed by atoms with Gasteiger partial charge in [0.05, 0.1) is 39.6 Å². The number of aliphatic hydroxyl groups excluding tert-OH is 2. The molecule has 0 spiro atoms. The summed E-state index contributed by atoms with van der Waals surface area (Å²) in [6.07, 6.45) is 1.12. The molecule has 0 bridgehead atoms. The zero-order valence-corrected chi connectivity index (χ0v) is 9.82. The van der Waals surface area contributed by atoms with Crippen molar-refractivity contribution in [2.24, 2.45) is 0 Å². The molecule has 0 aliphatic heterocycles. The second-order valence-electron chi connectivity index (χ2n) is 2.68. The van der Waals surface area contributed by atoms with Gasteiger partial charge < -0.3 is 29.9 Å². The highest BCUT2D eigenvalue weighted by Gasteiger charge is 1.88. The van der Waals surface area contributed by atoms with Crippen molar-refractivity contribution >= 4 is 11.9 Å². The van der Waals surface area contributed by atoms with Crippen molar-refractivity contribution in [1.29, 1.82) is 0 Å². The fourth-order valence-electron chi connectivity index (χ4n) is 0.594. The Bertz CT molecular complexity index is 214. The molecule has 0 atom stereocenters. The summed E-state index contributed by atoms with van der Waals surface area (Å²) in [4.78, 5) is 19.1.